The maximum Gasteiger partial charge on any atom is 0.341 e. The fraction of sp³-hybridized carbons (Fsp3) is 0.174. The van der Waals surface area contributed by atoms with Crippen LogP contribution in [0, 0.1) is 6.92 Å². The van der Waals surface area contributed by atoms with Crippen molar-refractivity contribution in [3.63, 3.8) is 0 Å². The van der Waals surface area contributed by atoms with Crippen molar-refractivity contribution in [3.8, 4) is 11.5 Å². The molecule has 0 aliphatic heterocycles. The van der Waals surface area contributed by atoms with E-state index in [0.717, 1.165) is 11.3 Å². The van der Waals surface area contributed by atoms with Gasteiger partial charge >= 0.3 is 5.97 Å². The Kier molecular flexibility index (Phi) is 7.45. The highest BCUT2D eigenvalue weighted by molar-refractivity contribution is 7.80. The predicted octanol–water partition coefficient (Wildman–Crippen LogP) is 5.15. The van der Waals surface area contributed by atoms with E-state index in [0.29, 0.717) is 32.6 Å². The van der Waals surface area contributed by atoms with Gasteiger partial charge in [0.15, 0.2) is 10.9 Å². The van der Waals surface area contributed by atoms with E-state index in [1.807, 2.05) is 54.6 Å². The van der Waals surface area contributed by atoms with Crippen LogP contribution >= 0.6 is 23.6 Å². The van der Waals surface area contributed by atoms with Gasteiger partial charge in [-0.2, -0.15) is 0 Å². The largest absolute Gasteiger partial charge is 0.465 e. The summed E-state index contributed by atoms with van der Waals surface area (Å²) in [6.45, 7) is 1.71. The summed E-state index contributed by atoms with van der Waals surface area (Å²) in [6, 6.07) is 16.8. The maximum absolute atomic E-state index is 12.5. The van der Waals surface area contributed by atoms with Crippen LogP contribution in [0.15, 0.2) is 54.6 Å². The molecule has 0 saturated heterocycles. The van der Waals surface area contributed by atoms with Crippen molar-refractivity contribution in [2.75, 3.05) is 31.8 Å². The number of hydrogen-bond donors (Lipinski definition) is 2. The normalized spacial score (nSPS) is 10.2. The summed E-state index contributed by atoms with van der Waals surface area (Å²) >= 11 is 6.63. The molecule has 0 spiro atoms. The first-order valence-corrected chi connectivity index (χ1v) is 10.9. The Morgan fingerprint density at radius 2 is 1.66 bits per heavy atom. The molecule has 0 fully saturated rings. The second-order valence-corrected chi connectivity index (χ2v) is 8.37. The van der Waals surface area contributed by atoms with Crippen LogP contribution in [0.5, 0.6) is 11.5 Å². The van der Waals surface area contributed by atoms with E-state index in [1.165, 1.54) is 12.0 Å². The summed E-state index contributed by atoms with van der Waals surface area (Å²) in [5.74, 6) is 0.525. The number of benzene rings is 2. The lowest BCUT2D eigenvalue weighted by Gasteiger charge is -2.14. The number of ether oxygens (including phenoxy) is 2. The third-order valence-corrected chi connectivity index (χ3v) is 5.87. The SMILES string of the molecule is COC(=O)c1c(NC(=S)Nc2ccccc2Oc2ccccc2)sc(C(=O)N(C)C)c1C. The molecule has 0 radical (unpaired) electrons. The van der Waals surface area contributed by atoms with Crippen LogP contribution in [-0.4, -0.2) is 43.1 Å². The molecular formula is C23H23N3O4S2. The number of anilines is 2. The zero-order valence-electron chi connectivity index (χ0n) is 18.1. The van der Waals surface area contributed by atoms with Gasteiger partial charge in [-0.3, -0.25) is 4.79 Å². The number of amides is 1. The Hall–Kier alpha value is -3.43. The molecular weight excluding hydrogens is 446 g/mol. The number of para-hydroxylation sites is 3. The summed E-state index contributed by atoms with van der Waals surface area (Å²) < 4.78 is 10.9. The number of esters is 1. The van der Waals surface area contributed by atoms with Crippen molar-refractivity contribution in [3.05, 3.63) is 70.6 Å². The van der Waals surface area contributed by atoms with Crippen LogP contribution < -0.4 is 15.4 Å². The van der Waals surface area contributed by atoms with Crippen LogP contribution in [0.1, 0.15) is 25.6 Å². The molecule has 9 heteroatoms. The van der Waals surface area contributed by atoms with Crippen molar-refractivity contribution >= 4 is 51.2 Å². The van der Waals surface area contributed by atoms with E-state index in [2.05, 4.69) is 10.6 Å². The average molecular weight is 470 g/mol. The Bertz CT molecular complexity index is 1140. The van der Waals surface area contributed by atoms with Crippen LogP contribution in [0.2, 0.25) is 0 Å². The van der Waals surface area contributed by atoms with Gasteiger partial charge in [0, 0.05) is 14.1 Å². The molecule has 0 aliphatic carbocycles. The smallest absolute Gasteiger partial charge is 0.341 e. The minimum absolute atomic E-state index is 0.203. The second kappa shape index (κ2) is 10.3. The van der Waals surface area contributed by atoms with Crippen LogP contribution in [0.25, 0.3) is 0 Å². The number of carbonyl (C=O) groups is 2. The lowest BCUT2D eigenvalue weighted by molar-refractivity contribution is 0.0601. The lowest BCUT2D eigenvalue weighted by atomic mass is 10.1. The number of nitrogens with zero attached hydrogens (tertiary/aromatic N) is 1. The third-order valence-electron chi connectivity index (χ3n) is 4.47. The van der Waals surface area contributed by atoms with E-state index >= 15 is 0 Å². The maximum atomic E-state index is 12.5. The molecule has 0 bridgehead atoms. The second-order valence-electron chi connectivity index (χ2n) is 6.94. The molecule has 3 aromatic rings. The Morgan fingerprint density at radius 1 is 1.00 bits per heavy atom. The average Bonchev–Trinajstić information content (AvgIpc) is 3.10. The van der Waals surface area contributed by atoms with Gasteiger partial charge in [-0.05, 0) is 49.0 Å². The van der Waals surface area contributed by atoms with Gasteiger partial charge in [0.1, 0.15) is 10.8 Å². The van der Waals surface area contributed by atoms with Crippen molar-refractivity contribution < 1.29 is 19.1 Å². The summed E-state index contributed by atoms with van der Waals surface area (Å²) in [5.41, 5.74) is 1.46. The first kappa shape index (κ1) is 23.2. The molecule has 2 aromatic carbocycles. The van der Waals surface area contributed by atoms with E-state index in [1.54, 1.807) is 21.0 Å². The fourth-order valence-electron chi connectivity index (χ4n) is 2.89. The van der Waals surface area contributed by atoms with Gasteiger partial charge in [0.25, 0.3) is 5.91 Å². The molecule has 1 amide bonds. The fourth-order valence-corrected chi connectivity index (χ4v) is 4.38. The highest BCUT2D eigenvalue weighted by Gasteiger charge is 2.26. The number of methoxy groups -OCH3 is 1. The Labute approximate surface area is 196 Å². The van der Waals surface area contributed by atoms with Gasteiger partial charge in [0.2, 0.25) is 0 Å². The number of thiocarbonyl (C=S) groups is 1. The Balaban J connectivity index is 1.85. The minimum Gasteiger partial charge on any atom is -0.465 e. The monoisotopic (exact) mass is 469 g/mol. The molecule has 166 valence electrons. The molecule has 0 atom stereocenters. The van der Waals surface area contributed by atoms with E-state index < -0.39 is 5.97 Å². The minimum atomic E-state index is -0.547. The van der Waals surface area contributed by atoms with Crippen LogP contribution in [0.4, 0.5) is 10.7 Å². The van der Waals surface area contributed by atoms with Gasteiger partial charge in [-0.15, -0.1) is 11.3 Å². The number of rotatable bonds is 6. The molecule has 0 unspecified atom stereocenters. The topological polar surface area (TPSA) is 79.9 Å². The number of thiophene rings is 1. The van der Waals surface area contributed by atoms with E-state index in [-0.39, 0.29) is 16.6 Å². The van der Waals surface area contributed by atoms with Crippen molar-refractivity contribution in [2.24, 2.45) is 0 Å². The van der Waals surface area contributed by atoms with Crippen LogP contribution in [0.3, 0.4) is 0 Å². The highest BCUT2D eigenvalue weighted by atomic mass is 32.1. The summed E-state index contributed by atoms with van der Waals surface area (Å²) in [5, 5.41) is 6.80. The van der Waals surface area contributed by atoms with E-state index in [4.69, 9.17) is 21.7 Å². The van der Waals surface area contributed by atoms with Crippen molar-refractivity contribution in [1.29, 1.82) is 0 Å². The molecule has 3 rings (SSSR count). The van der Waals surface area contributed by atoms with Gasteiger partial charge < -0.3 is 25.0 Å². The highest BCUT2D eigenvalue weighted by Crippen LogP contribution is 2.35. The molecule has 1 heterocycles. The standard InChI is InChI=1S/C23H23N3O4S2/c1-14-18(22(28)29-4)20(32-19(14)21(27)26(2)3)25-23(31)24-16-12-8-9-13-17(16)30-15-10-6-5-7-11-15/h5-13H,1-4H3,(H2,24,25,31). The van der Waals surface area contributed by atoms with Crippen molar-refractivity contribution in [1.82, 2.24) is 4.90 Å². The Morgan fingerprint density at radius 3 is 2.31 bits per heavy atom. The quantitative estimate of drug-likeness (QED) is 0.382. The van der Waals surface area contributed by atoms with Crippen molar-refractivity contribution in [2.45, 2.75) is 6.92 Å². The number of hydrogen-bond acceptors (Lipinski definition) is 6. The summed E-state index contributed by atoms with van der Waals surface area (Å²) in [7, 11) is 4.61. The molecule has 1 aromatic heterocycles. The molecule has 7 nitrogen and oxygen atoms in total. The number of carbonyl (C=O) groups excluding carboxylic acids is 2. The zero-order chi connectivity index (χ0) is 23.3. The van der Waals surface area contributed by atoms with Gasteiger partial charge in [0.05, 0.1) is 23.2 Å². The predicted molar refractivity (Wildman–Crippen MR) is 131 cm³/mol. The molecule has 0 saturated carbocycles. The molecule has 0 aliphatic rings. The first-order chi connectivity index (χ1) is 15.3. The zero-order valence-corrected chi connectivity index (χ0v) is 19.7. The lowest BCUT2D eigenvalue weighted by Crippen LogP contribution is -2.21. The number of nitrogens with one attached hydrogen (secondary N) is 2. The van der Waals surface area contributed by atoms with Gasteiger partial charge in [-0.1, -0.05) is 30.3 Å². The summed E-state index contributed by atoms with van der Waals surface area (Å²) in [4.78, 5) is 26.8. The summed E-state index contributed by atoms with van der Waals surface area (Å²) in [6.07, 6.45) is 0. The van der Waals surface area contributed by atoms with Gasteiger partial charge in [-0.25, -0.2) is 4.79 Å². The third kappa shape index (κ3) is 5.24. The van der Waals surface area contributed by atoms with E-state index in [9.17, 15) is 9.59 Å². The first-order valence-electron chi connectivity index (χ1n) is 9.65. The molecule has 32 heavy (non-hydrogen) atoms. The molecule has 2 N–H and O–H groups in total. The van der Waals surface area contributed by atoms with Crippen LogP contribution in [-0.2, 0) is 4.74 Å².